The molecule has 1 aromatic carbocycles. The number of fused-ring (bicyclic) bond motifs is 1. The second kappa shape index (κ2) is 8.11. The molecule has 0 bridgehead atoms. The maximum Gasteiger partial charge on any atom is 0.356 e. The molecule has 0 amide bonds. The molecule has 0 saturated carbocycles. The maximum absolute atomic E-state index is 11.9. The number of nitrogens with one attached hydrogen (secondary N) is 2. The van der Waals surface area contributed by atoms with Crippen LogP contribution in [0.3, 0.4) is 0 Å². The van der Waals surface area contributed by atoms with Gasteiger partial charge in [0.25, 0.3) is 0 Å². The van der Waals surface area contributed by atoms with Gasteiger partial charge in [-0.05, 0) is 43.0 Å². The lowest BCUT2D eigenvalue weighted by molar-refractivity contribution is 0.0310. The number of anilines is 1. The molecule has 2 heterocycles. The standard InChI is InChI=1S/C18H23N5O3/c1-12-5-6-14(18(25)26-19-2)8-13(12)4-3-7-23-11-22-16-15(24)9-20-10-21-17(16)23/h5-6,8,10-11,15,19,24H,3-4,7,9H2,1-2H3,(H,20,21). The van der Waals surface area contributed by atoms with Gasteiger partial charge in [0.2, 0.25) is 0 Å². The van der Waals surface area contributed by atoms with E-state index in [0.717, 1.165) is 36.3 Å². The summed E-state index contributed by atoms with van der Waals surface area (Å²) >= 11 is 0. The Morgan fingerprint density at radius 2 is 2.35 bits per heavy atom. The summed E-state index contributed by atoms with van der Waals surface area (Å²) in [4.78, 5) is 25.0. The first-order chi connectivity index (χ1) is 12.6. The lowest BCUT2D eigenvalue weighted by Gasteiger charge is -2.11. The van der Waals surface area contributed by atoms with Crippen molar-refractivity contribution in [2.24, 2.45) is 4.99 Å². The summed E-state index contributed by atoms with van der Waals surface area (Å²) in [6, 6.07) is 5.57. The van der Waals surface area contributed by atoms with E-state index in [9.17, 15) is 9.90 Å². The summed E-state index contributed by atoms with van der Waals surface area (Å²) in [5.74, 6) is 0.382. The molecule has 0 aliphatic carbocycles. The third-order valence-electron chi connectivity index (χ3n) is 4.38. The van der Waals surface area contributed by atoms with Crippen LogP contribution in [0.25, 0.3) is 0 Å². The molecule has 0 radical (unpaired) electrons. The fourth-order valence-corrected chi connectivity index (χ4v) is 2.97. The van der Waals surface area contributed by atoms with Gasteiger partial charge in [-0.25, -0.2) is 9.78 Å². The van der Waals surface area contributed by atoms with E-state index in [0.29, 0.717) is 17.8 Å². The number of carbonyl (C=O) groups excluding carboxylic acids is 1. The van der Waals surface area contributed by atoms with E-state index in [1.54, 1.807) is 25.8 Å². The summed E-state index contributed by atoms with van der Waals surface area (Å²) in [5, 5.41) is 13.1. The zero-order chi connectivity index (χ0) is 18.5. The SMILES string of the molecule is CNOC(=O)c1ccc(C)c(CCCn2cnc3c2NC=NCC3O)c1. The van der Waals surface area contributed by atoms with Crippen LogP contribution >= 0.6 is 0 Å². The Morgan fingerprint density at radius 1 is 1.50 bits per heavy atom. The predicted octanol–water partition coefficient (Wildman–Crippen LogP) is 1.60. The van der Waals surface area contributed by atoms with Crippen LogP contribution in [0.2, 0.25) is 0 Å². The van der Waals surface area contributed by atoms with E-state index in [1.807, 2.05) is 23.6 Å². The fourth-order valence-electron chi connectivity index (χ4n) is 2.97. The van der Waals surface area contributed by atoms with Crippen molar-refractivity contribution >= 4 is 18.1 Å². The summed E-state index contributed by atoms with van der Waals surface area (Å²) in [6.07, 6.45) is 4.32. The number of hydrogen-bond donors (Lipinski definition) is 3. The number of carbonyl (C=O) groups is 1. The van der Waals surface area contributed by atoms with Crippen LogP contribution in [0.4, 0.5) is 5.82 Å². The van der Waals surface area contributed by atoms with E-state index in [1.165, 1.54) is 0 Å². The number of nitrogens with zero attached hydrogens (tertiary/aromatic N) is 3. The van der Waals surface area contributed by atoms with Gasteiger partial charge in [-0.3, -0.25) is 4.99 Å². The van der Waals surface area contributed by atoms with Gasteiger partial charge >= 0.3 is 5.97 Å². The molecule has 3 rings (SSSR count). The highest BCUT2D eigenvalue weighted by Crippen LogP contribution is 2.24. The maximum atomic E-state index is 11.9. The molecular formula is C18H23N5O3. The predicted molar refractivity (Wildman–Crippen MR) is 98.1 cm³/mol. The van der Waals surface area contributed by atoms with Crippen molar-refractivity contribution in [3.8, 4) is 0 Å². The lowest BCUT2D eigenvalue weighted by atomic mass is 10.0. The number of benzene rings is 1. The van der Waals surface area contributed by atoms with Gasteiger partial charge < -0.3 is 19.8 Å². The van der Waals surface area contributed by atoms with Crippen molar-refractivity contribution in [2.45, 2.75) is 32.4 Å². The molecule has 3 N–H and O–H groups in total. The molecule has 0 saturated heterocycles. The monoisotopic (exact) mass is 357 g/mol. The summed E-state index contributed by atoms with van der Waals surface area (Å²) in [6.45, 7) is 3.08. The number of aliphatic imine (C=N–C) groups is 1. The Hall–Kier alpha value is -2.71. The molecule has 0 spiro atoms. The molecule has 138 valence electrons. The van der Waals surface area contributed by atoms with Crippen LogP contribution in [-0.2, 0) is 17.8 Å². The molecule has 1 aliphatic heterocycles. The molecule has 0 fully saturated rings. The smallest absolute Gasteiger partial charge is 0.356 e. The zero-order valence-electron chi connectivity index (χ0n) is 14.9. The summed E-state index contributed by atoms with van der Waals surface area (Å²) in [5.41, 5.74) is 5.79. The normalized spacial score (nSPS) is 15.9. The van der Waals surface area contributed by atoms with E-state index < -0.39 is 12.1 Å². The van der Waals surface area contributed by atoms with Gasteiger partial charge in [-0.15, -0.1) is 0 Å². The number of aliphatic hydroxyl groups is 1. The Balaban J connectivity index is 1.66. The number of aliphatic hydroxyl groups excluding tert-OH is 1. The zero-order valence-corrected chi connectivity index (χ0v) is 14.9. The third kappa shape index (κ3) is 3.92. The van der Waals surface area contributed by atoms with Crippen molar-refractivity contribution in [3.63, 3.8) is 0 Å². The van der Waals surface area contributed by atoms with Gasteiger partial charge in [0.1, 0.15) is 17.6 Å². The van der Waals surface area contributed by atoms with E-state index in [2.05, 4.69) is 20.8 Å². The first kappa shape index (κ1) is 18.1. The largest absolute Gasteiger partial charge is 0.385 e. The molecule has 1 atom stereocenters. The van der Waals surface area contributed by atoms with Crippen molar-refractivity contribution in [1.29, 1.82) is 0 Å². The fraction of sp³-hybridized carbons (Fsp3) is 0.389. The first-order valence-electron chi connectivity index (χ1n) is 8.55. The Morgan fingerprint density at radius 3 is 3.15 bits per heavy atom. The molecule has 26 heavy (non-hydrogen) atoms. The van der Waals surface area contributed by atoms with Crippen LogP contribution in [0, 0.1) is 6.92 Å². The van der Waals surface area contributed by atoms with Gasteiger partial charge in [0.15, 0.2) is 0 Å². The van der Waals surface area contributed by atoms with Crippen LogP contribution in [0.15, 0.2) is 29.5 Å². The molecule has 8 heteroatoms. The minimum atomic E-state index is -0.686. The summed E-state index contributed by atoms with van der Waals surface area (Å²) in [7, 11) is 1.55. The van der Waals surface area contributed by atoms with Crippen LogP contribution in [0.1, 0.15) is 39.7 Å². The van der Waals surface area contributed by atoms with Gasteiger partial charge in [-0.1, -0.05) is 6.07 Å². The Bertz CT molecular complexity index is 815. The quantitative estimate of drug-likeness (QED) is 0.679. The van der Waals surface area contributed by atoms with Crippen molar-refractivity contribution in [1.82, 2.24) is 15.0 Å². The van der Waals surface area contributed by atoms with Crippen LogP contribution < -0.4 is 10.8 Å². The average Bonchev–Trinajstić information content (AvgIpc) is 2.93. The number of hydrogen-bond acceptors (Lipinski definition) is 7. The molecule has 1 unspecified atom stereocenters. The molecular weight excluding hydrogens is 334 g/mol. The second-order valence-corrected chi connectivity index (χ2v) is 6.16. The number of rotatable bonds is 6. The Kier molecular flexibility index (Phi) is 5.65. The second-order valence-electron chi connectivity index (χ2n) is 6.16. The van der Waals surface area contributed by atoms with Gasteiger partial charge in [0, 0.05) is 13.6 Å². The molecule has 1 aliphatic rings. The average molecular weight is 357 g/mol. The third-order valence-corrected chi connectivity index (χ3v) is 4.38. The number of imidazole rings is 1. The van der Waals surface area contributed by atoms with Crippen LogP contribution in [-0.4, -0.2) is 40.6 Å². The van der Waals surface area contributed by atoms with E-state index in [4.69, 9.17) is 4.84 Å². The lowest BCUT2D eigenvalue weighted by Crippen LogP contribution is -2.15. The van der Waals surface area contributed by atoms with Crippen molar-refractivity contribution in [3.05, 3.63) is 46.9 Å². The highest BCUT2D eigenvalue weighted by molar-refractivity contribution is 5.89. The minimum Gasteiger partial charge on any atom is -0.385 e. The number of aromatic nitrogens is 2. The first-order valence-corrected chi connectivity index (χ1v) is 8.55. The summed E-state index contributed by atoms with van der Waals surface area (Å²) < 4.78 is 1.98. The highest BCUT2D eigenvalue weighted by atomic mass is 16.7. The molecule has 2 aromatic rings. The number of hydroxylamine groups is 1. The number of aryl methyl sites for hydroxylation is 3. The molecule has 8 nitrogen and oxygen atoms in total. The topological polar surface area (TPSA) is 101 Å². The van der Waals surface area contributed by atoms with Crippen molar-refractivity contribution in [2.75, 3.05) is 18.9 Å². The highest BCUT2D eigenvalue weighted by Gasteiger charge is 2.19. The van der Waals surface area contributed by atoms with Crippen LogP contribution in [0.5, 0.6) is 0 Å². The van der Waals surface area contributed by atoms with E-state index in [-0.39, 0.29) is 0 Å². The van der Waals surface area contributed by atoms with Gasteiger partial charge in [-0.2, -0.15) is 5.48 Å². The Labute approximate surface area is 151 Å². The van der Waals surface area contributed by atoms with Crippen molar-refractivity contribution < 1.29 is 14.7 Å². The minimum absolute atomic E-state index is 0.311. The van der Waals surface area contributed by atoms with E-state index >= 15 is 0 Å². The molecule has 1 aromatic heterocycles. The van der Waals surface area contributed by atoms with Gasteiger partial charge in [0.05, 0.1) is 24.8 Å².